The molecule has 0 bridgehead atoms. The lowest BCUT2D eigenvalue weighted by atomic mass is 10.1. The summed E-state index contributed by atoms with van der Waals surface area (Å²) < 4.78 is 44.5. The van der Waals surface area contributed by atoms with Gasteiger partial charge in [-0.15, -0.1) is 0 Å². The van der Waals surface area contributed by atoms with Gasteiger partial charge in [-0.3, -0.25) is 9.78 Å². The predicted octanol–water partition coefficient (Wildman–Crippen LogP) is 5.96. The third kappa shape index (κ3) is 6.92. The molecule has 0 aliphatic heterocycles. The molecule has 0 fully saturated rings. The summed E-state index contributed by atoms with van der Waals surface area (Å²) in [5.74, 6) is 1.23. The predicted molar refractivity (Wildman–Crippen MR) is 158 cm³/mol. The zero-order valence-electron chi connectivity index (χ0n) is 23.9. The number of methoxy groups -OCH3 is 1. The Morgan fingerprint density at radius 2 is 1.77 bits per heavy atom. The van der Waals surface area contributed by atoms with Crippen molar-refractivity contribution >= 4 is 22.6 Å². The Kier molecular flexibility index (Phi) is 9.00. The summed E-state index contributed by atoms with van der Waals surface area (Å²) >= 11 is 0. The van der Waals surface area contributed by atoms with Crippen molar-refractivity contribution in [1.29, 1.82) is 0 Å². The number of carbonyl (C=O) groups is 1. The molecule has 5 aromatic rings. The van der Waals surface area contributed by atoms with Crippen LogP contribution in [-0.2, 0) is 25.9 Å². The van der Waals surface area contributed by atoms with E-state index in [0.717, 1.165) is 23.6 Å². The van der Waals surface area contributed by atoms with Crippen LogP contribution in [0.4, 0.5) is 19.0 Å². The van der Waals surface area contributed by atoms with Gasteiger partial charge in [-0.1, -0.05) is 12.1 Å². The minimum atomic E-state index is -4.52. The van der Waals surface area contributed by atoms with Crippen molar-refractivity contribution in [3.63, 3.8) is 0 Å². The first kappa shape index (κ1) is 30.4. The summed E-state index contributed by atoms with van der Waals surface area (Å²) in [5.41, 5.74) is 1.86. The summed E-state index contributed by atoms with van der Waals surface area (Å²) in [7, 11) is 1.60. The van der Waals surface area contributed by atoms with Gasteiger partial charge in [0.1, 0.15) is 17.4 Å². The number of aliphatic hydroxyl groups is 1. The number of nitrogens with zero attached hydrogens (tertiary/aromatic N) is 5. The Balaban J connectivity index is 1.42. The minimum absolute atomic E-state index is 0.0806. The zero-order chi connectivity index (χ0) is 31.3. The van der Waals surface area contributed by atoms with Crippen molar-refractivity contribution < 1.29 is 27.8 Å². The second-order valence-corrected chi connectivity index (χ2v) is 10.0. The van der Waals surface area contributed by atoms with E-state index in [4.69, 9.17) is 4.74 Å². The van der Waals surface area contributed by atoms with Crippen LogP contribution in [0.15, 0.2) is 85.3 Å². The number of rotatable bonds is 10. The molecule has 0 spiro atoms. The van der Waals surface area contributed by atoms with Gasteiger partial charge in [0.05, 0.1) is 43.1 Å². The standard InChI is InChI=1S/C32H29F3N6O3/c1-20(29-36-12-3-13-37-29)41(18-26-8-7-25(17-38-26)32(33,34)35)31(43)22-6-11-28-23(14-22)15-24(19-42)30(40-28)39-16-21-4-9-27(44-2)10-5-21/h3-15,17,20,42H,16,18-19H2,1-2H3,(H,39,40). The maximum Gasteiger partial charge on any atom is 0.417 e. The third-order valence-electron chi connectivity index (χ3n) is 7.10. The van der Waals surface area contributed by atoms with Gasteiger partial charge in [-0.25, -0.2) is 15.0 Å². The van der Waals surface area contributed by atoms with E-state index in [1.54, 1.807) is 56.8 Å². The first-order valence-electron chi connectivity index (χ1n) is 13.7. The number of hydrogen-bond acceptors (Lipinski definition) is 8. The Bertz CT molecular complexity index is 1730. The summed E-state index contributed by atoms with van der Waals surface area (Å²) in [6, 6.07) is 17.6. The SMILES string of the molecule is COc1ccc(CNc2nc3ccc(C(=O)N(Cc4ccc(C(F)(F)F)cn4)C(C)c4ncccn4)cc3cc2CO)cc1. The van der Waals surface area contributed by atoms with E-state index in [2.05, 4.69) is 25.3 Å². The van der Waals surface area contributed by atoms with E-state index in [1.165, 1.54) is 11.0 Å². The lowest BCUT2D eigenvalue weighted by Gasteiger charge is -2.28. The second kappa shape index (κ2) is 13.0. The first-order chi connectivity index (χ1) is 21.2. The van der Waals surface area contributed by atoms with Gasteiger partial charge in [-0.2, -0.15) is 13.2 Å². The first-order valence-corrected chi connectivity index (χ1v) is 13.7. The van der Waals surface area contributed by atoms with Crippen molar-refractivity contribution in [2.75, 3.05) is 12.4 Å². The Morgan fingerprint density at radius 3 is 2.41 bits per heavy atom. The molecule has 226 valence electrons. The number of pyridine rings is 2. The highest BCUT2D eigenvalue weighted by Crippen LogP contribution is 2.30. The van der Waals surface area contributed by atoms with Crippen LogP contribution in [-0.4, -0.2) is 43.0 Å². The number of fused-ring (bicyclic) bond motifs is 1. The number of alkyl halides is 3. The van der Waals surface area contributed by atoms with E-state index in [9.17, 15) is 23.1 Å². The highest BCUT2D eigenvalue weighted by Gasteiger charge is 2.31. The largest absolute Gasteiger partial charge is 0.497 e. The van der Waals surface area contributed by atoms with Crippen molar-refractivity contribution in [2.24, 2.45) is 0 Å². The van der Waals surface area contributed by atoms with Crippen LogP contribution in [0.2, 0.25) is 0 Å². The minimum Gasteiger partial charge on any atom is -0.497 e. The van der Waals surface area contributed by atoms with Crippen LogP contribution >= 0.6 is 0 Å². The normalized spacial score (nSPS) is 12.1. The number of aliphatic hydroxyl groups excluding tert-OH is 1. The van der Waals surface area contributed by atoms with E-state index in [1.807, 2.05) is 24.3 Å². The van der Waals surface area contributed by atoms with Crippen molar-refractivity contribution in [3.8, 4) is 5.75 Å². The molecule has 0 saturated carbocycles. The van der Waals surface area contributed by atoms with Crippen molar-refractivity contribution in [3.05, 3.63) is 119 Å². The van der Waals surface area contributed by atoms with Gasteiger partial charge in [0.2, 0.25) is 0 Å². The van der Waals surface area contributed by atoms with Gasteiger partial charge in [0.25, 0.3) is 5.91 Å². The van der Waals surface area contributed by atoms with Gasteiger partial charge in [0, 0.05) is 41.6 Å². The fourth-order valence-corrected chi connectivity index (χ4v) is 4.63. The maximum absolute atomic E-state index is 13.9. The molecule has 9 nitrogen and oxygen atoms in total. The van der Waals surface area contributed by atoms with E-state index >= 15 is 0 Å². The molecule has 3 aromatic heterocycles. The third-order valence-corrected chi connectivity index (χ3v) is 7.10. The summed E-state index contributed by atoms with van der Waals surface area (Å²) in [4.78, 5) is 32.6. The molecular formula is C32H29F3N6O3. The molecule has 0 radical (unpaired) electrons. The monoisotopic (exact) mass is 602 g/mol. The zero-order valence-corrected chi connectivity index (χ0v) is 23.9. The quantitative estimate of drug-likeness (QED) is 0.202. The van der Waals surface area contributed by atoms with Gasteiger partial charge in [-0.05, 0) is 67.1 Å². The lowest BCUT2D eigenvalue weighted by molar-refractivity contribution is -0.137. The van der Waals surface area contributed by atoms with Crippen LogP contribution in [0.5, 0.6) is 5.75 Å². The highest BCUT2D eigenvalue weighted by atomic mass is 19.4. The summed E-state index contributed by atoms with van der Waals surface area (Å²) in [6.07, 6.45) is -0.670. The fraction of sp³-hybridized carbons (Fsp3) is 0.219. The van der Waals surface area contributed by atoms with Crippen LogP contribution in [0, 0.1) is 0 Å². The molecule has 3 heterocycles. The van der Waals surface area contributed by atoms with Crippen LogP contribution in [0.3, 0.4) is 0 Å². The molecule has 0 saturated heterocycles. The Morgan fingerprint density at radius 1 is 1.02 bits per heavy atom. The number of anilines is 1. The molecule has 5 rings (SSSR count). The second-order valence-electron chi connectivity index (χ2n) is 10.0. The molecule has 0 aliphatic carbocycles. The van der Waals surface area contributed by atoms with E-state index < -0.39 is 23.7 Å². The van der Waals surface area contributed by atoms with Crippen molar-refractivity contribution in [2.45, 2.75) is 38.8 Å². The number of benzene rings is 2. The van der Waals surface area contributed by atoms with Gasteiger partial charge in [0.15, 0.2) is 0 Å². The number of halogens is 3. The lowest BCUT2D eigenvalue weighted by Crippen LogP contribution is -2.34. The van der Waals surface area contributed by atoms with Gasteiger partial charge < -0.3 is 20.1 Å². The van der Waals surface area contributed by atoms with Crippen LogP contribution in [0.25, 0.3) is 10.9 Å². The molecule has 0 aliphatic rings. The Labute approximate surface area is 251 Å². The molecule has 44 heavy (non-hydrogen) atoms. The average molecular weight is 603 g/mol. The molecule has 1 atom stereocenters. The molecule has 1 unspecified atom stereocenters. The molecule has 1 amide bonds. The molecular weight excluding hydrogens is 573 g/mol. The summed E-state index contributed by atoms with van der Waals surface area (Å²) in [6.45, 7) is 1.85. The topological polar surface area (TPSA) is 113 Å². The molecule has 12 heteroatoms. The van der Waals surface area contributed by atoms with Crippen LogP contribution < -0.4 is 10.1 Å². The fourth-order valence-electron chi connectivity index (χ4n) is 4.63. The number of ether oxygens (including phenoxy) is 1. The smallest absolute Gasteiger partial charge is 0.417 e. The number of carbonyl (C=O) groups excluding carboxylic acids is 1. The average Bonchev–Trinajstić information content (AvgIpc) is 3.05. The highest BCUT2D eigenvalue weighted by molar-refractivity contribution is 5.98. The number of hydrogen-bond donors (Lipinski definition) is 2. The molecule has 2 aromatic carbocycles. The molecule has 2 N–H and O–H groups in total. The number of aromatic nitrogens is 4. The maximum atomic E-state index is 13.9. The number of nitrogens with one attached hydrogen (secondary N) is 1. The van der Waals surface area contributed by atoms with E-state index in [-0.39, 0.29) is 18.8 Å². The van der Waals surface area contributed by atoms with Crippen molar-refractivity contribution in [1.82, 2.24) is 24.8 Å². The Hall–Kier alpha value is -5.10. The summed E-state index contributed by atoms with van der Waals surface area (Å²) in [5, 5.41) is 14.0. The number of amides is 1. The van der Waals surface area contributed by atoms with Crippen LogP contribution in [0.1, 0.15) is 51.5 Å². The van der Waals surface area contributed by atoms with Gasteiger partial charge >= 0.3 is 6.18 Å². The van der Waals surface area contributed by atoms with E-state index in [0.29, 0.717) is 40.2 Å².